The maximum atomic E-state index is 11.3. The summed E-state index contributed by atoms with van der Waals surface area (Å²) in [6.45, 7) is 13.6. The largest absolute Gasteiger partial charge is 0.339 e. The van der Waals surface area contributed by atoms with Gasteiger partial charge in [0.1, 0.15) is 0 Å². The molecule has 0 heterocycles. The molecule has 76 valence electrons. The molecule has 0 aliphatic carbocycles. The SMILES string of the molecule is C=CC(=O)N(CC)CCC(C)(C)C. The smallest absolute Gasteiger partial charge is 0.245 e. The molecule has 0 aromatic heterocycles. The number of amides is 1. The van der Waals surface area contributed by atoms with Crippen molar-refractivity contribution < 1.29 is 4.79 Å². The van der Waals surface area contributed by atoms with E-state index in [1.807, 2.05) is 11.8 Å². The van der Waals surface area contributed by atoms with E-state index in [4.69, 9.17) is 0 Å². The molecule has 0 spiro atoms. The third kappa shape index (κ3) is 5.45. The van der Waals surface area contributed by atoms with Crippen molar-refractivity contribution in [3.8, 4) is 0 Å². The van der Waals surface area contributed by atoms with Crippen molar-refractivity contribution >= 4 is 5.91 Å². The fourth-order valence-corrected chi connectivity index (χ4v) is 1.02. The van der Waals surface area contributed by atoms with Gasteiger partial charge in [0.15, 0.2) is 0 Å². The van der Waals surface area contributed by atoms with Crippen molar-refractivity contribution in [2.45, 2.75) is 34.1 Å². The molecular formula is C11H21NO. The minimum Gasteiger partial charge on any atom is -0.339 e. The lowest BCUT2D eigenvalue weighted by Crippen LogP contribution is -2.32. The van der Waals surface area contributed by atoms with Crippen molar-refractivity contribution in [1.29, 1.82) is 0 Å². The zero-order chi connectivity index (χ0) is 10.5. The van der Waals surface area contributed by atoms with Crippen LogP contribution in [0.15, 0.2) is 12.7 Å². The zero-order valence-electron chi connectivity index (χ0n) is 9.26. The van der Waals surface area contributed by atoms with Crippen LogP contribution in [0.4, 0.5) is 0 Å². The predicted octanol–water partition coefficient (Wildman–Crippen LogP) is 2.46. The first-order valence-corrected chi connectivity index (χ1v) is 4.82. The first kappa shape index (κ1) is 12.2. The van der Waals surface area contributed by atoms with Gasteiger partial charge in [0.05, 0.1) is 0 Å². The number of carbonyl (C=O) groups excluding carboxylic acids is 1. The Bertz CT molecular complexity index is 179. The highest BCUT2D eigenvalue weighted by molar-refractivity contribution is 5.86. The summed E-state index contributed by atoms with van der Waals surface area (Å²) in [6.07, 6.45) is 2.41. The van der Waals surface area contributed by atoms with E-state index in [-0.39, 0.29) is 11.3 Å². The molecule has 2 heteroatoms. The van der Waals surface area contributed by atoms with Gasteiger partial charge in [-0.15, -0.1) is 0 Å². The van der Waals surface area contributed by atoms with Gasteiger partial charge in [0, 0.05) is 13.1 Å². The molecule has 0 aliphatic heterocycles. The summed E-state index contributed by atoms with van der Waals surface area (Å²) in [4.78, 5) is 13.1. The third-order valence-corrected chi connectivity index (χ3v) is 2.00. The average molecular weight is 183 g/mol. The number of carbonyl (C=O) groups is 1. The van der Waals surface area contributed by atoms with Crippen LogP contribution in [0.25, 0.3) is 0 Å². The van der Waals surface area contributed by atoms with Gasteiger partial charge < -0.3 is 4.90 Å². The van der Waals surface area contributed by atoms with Crippen LogP contribution in [-0.4, -0.2) is 23.9 Å². The number of rotatable bonds is 4. The highest BCUT2D eigenvalue weighted by Gasteiger charge is 2.14. The lowest BCUT2D eigenvalue weighted by molar-refractivity contribution is -0.126. The summed E-state index contributed by atoms with van der Waals surface area (Å²) in [5.41, 5.74) is 0.287. The number of nitrogens with zero attached hydrogens (tertiary/aromatic N) is 1. The first-order chi connectivity index (χ1) is 5.90. The Morgan fingerprint density at radius 3 is 2.31 bits per heavy atom. The summed E-state index contributed by atoms with van der Waals surface area (Å²) in [5.74, 6) is 0.0340. The Kier molecular flexibility index (Phi) is 4.74. The molecule has 0 N–H and O–H groups in total. The van der Waals surface area contributed by atoms with Crippen LogP contribution in [0, 0.1) is 5.41 Å². The molecule has 0 saturated heterocycles. The Labute approximate surface area is 81.6 Å². The predicted molar refractivity (Wildman–Crippen MR) is 56.5 cm³/mol. The Morgan fingerprint density at radius 1 is 1.46 bits per heavy atom. The van der Waals surface area contributed by atoms with Crippen molar-refractivity contribution in [1.82, 2.24) is 4.90 Å². The summed E-state index contributed by atoms with van der Waals surface area (Å²) < 4.78 is 0. The topological polar surface area (TPSA) is 20.3 Å². The van der Waals surface area contributed by atoms with Crippen LogP contribution in [0.5, 0.6) is 0 Å². The van der Waals surface area contributed by atoms with E-state index in [9.17, 15) is 4.79 Å². The maximum Gasteiger partial charge on any atom is 0.245 e. The van der Waals surface area contributed by atoms with Crippen LogP contribution in [-0.2, 0) is 4.79 Å². The van der Waals surface area contributed by atoms with E-state index in [0.717, 1.165) is 19.5 Å². The third-order valence-electron chi connectivity index (χ3n) is 2.00. The molecule has 2 nitrogen and oxygen atoms in total. The van der Waals surface area contributed by atoms with Gasteiger partial charge >= 0.3 is 0 Å². The molecule has 0 aromatic rings. The van der Waals surface area contributed by atoms with E-state index < -0.39 is 0 Å². The molecule has 0 aliphatic rings. The molecule has 0 bridgehead atoms. The minimum absolute atomic E-state index is 0.0340. The summed E-state index contributed by atoms with van der Waals surface area (Å²) in [5, 5.41) is 0. The Morgan fingerprint density at radius 2 is 2.00 bits per heavy atom. The molecular weight excluding hydrogens is 162 g/mol. The minimum atomic E-state index is 0.0340. The van der Waals surface area contributed by atoms with Gasteiger partial charge in [0.25, 0.3) is 0 Å². The maximum absolute atomic E-state index is 11.3. The van der Waals surface area contributed by atoms with Crippen LogP contribution in [0.3, 0.4) is 0 Å². The summed E-state index contributed by atoms with van der Waals surface area (Å²) >= 11 is 0. The second-order valence-electron chi connectivity index (χ2n) is 4.43. The fourth-order valence-electron chi connectivity index (χ4n) is 1.02. The van der Waals surface area contributed by atoms with Gasteiger partial charge in [-0.25, -0.2) is 0 Å². The average Bonchev–Trinajstić information content (AvgIpc) is 2.03. The lowest BCUT2D eigenvalue weighted by atomic mass is 9.92. The van der Waals surface area contributed by atoms with Gasteiger partial charge in [-0.05, 0) is 24.8 Å². The van der Waals surface area contributed by atoms with Crippen molar-refractivity contribution in [3.63, 3.8) is 0 Å². The monoisotopic (exact) mass is 183 g/mol. The number of hydrogen-bond acceptors (Lipinski definition) is 1. The van der Waals surface area contributed by atoms with Gasteiger partial charge in [-0.3, -0.25) is 4.79 Å². The quantitative estimate of drug-likeness (QED) is 0.613. The second kappa shape index (κ2) is 5.05. The fraction of sp³-hybridized carbons (Fsp3) is 0.727. The van der Waals surface area contributed by atoms with Crippen LogP contribution < -0.4 is 0 Å². The molecule has 1 amide bonds. The van der Waals surface area contributed by atoms with Gasteiger partial charge in [-0.2, -0.15) is 0 Å². The van der Waals surface area contributed by atoms with Crippen LogP contribution in [0.2, 0.25) is 0 Å². The van der Waals surface area contributed by atoms with Crippen molar-refractivity contribution in [2.24, 2.45) is 5.41 Å². The molecule has 13 heavy (non-hydrogen) atoms. The summed E-state index contributed by atoms with van der Waals surface area (Å²) in [6, 6.07) is 0. The highest BCUT2D eigenvalue weighted by atomic mass is 16.2. The second-order valence-corrected chi connectivity index (χ2v) is 4.43. The molecule has 0 unspecified atom stereocenters. The first-order valence-electron chi connectivity index (χ1n) is 4.82. The van der Waals surface area contributed by atoms with Crippen LogP contribution in [0.1, 0.15) is 34.1 Å². The van der Waals surface area contributed by atoms with E-state index in [1.54, 1.807) is 0 Å². The van der Waals surface area contributed by atoms with E-state index in [1.165, 1.54) is 6.08 Å². The highest BCUT2D eigenvalue weighted by Crippen LogP contribution is 2.18. The van der Waals surface area contributed by atoms with E-state index >= 15 is 0 Å². The Balaban J connectivity index is 4.00. The van der Waals surface area contributed by atoms with Gasteiger partial charge in [0.2, 0.25) is 5.91 Å². The standard InChI is InChI=1S/C11H21NO/c1-6-10(13)12(7-2)9-8-11(3,4)5/h6H,1,7-9H2,2-5H3. The van der Waals surface area contributed by atoms with E-state index in [2.05, 4.69) is 27.4 Å². The number of hydrogen-bond donors (Lipinski definition) is 0. The lowest BCUT2D eigenvalue weighted by Gasteiger charge is -2.24. The molecule has 0 radical (unpaired) electrons. The molecule has 0 fully saturated rings. The van der Waals surface area contributed by atoms with Crippen molar-refractivity contribution in [3.05, 3.63) is 12.7 Å². The van der Waals surface area contributed by atoms with Crippen molar-refractivity contribution in [2.75, 3.05) is 13.1 Å². The molecule has 0 aromatic carbocycles. The Hall–Kier alpha value is -0.790. The zero-order valence-corrected chi connectivity index (χ0v) is 9.26. The van der Waals surface area contributed by atoms with Gasteiger partial charge in [-0.1, -0.05) is 27.4 Å². The normalized spacial score (nSPS) is 11.1. The van der Waals surface area contributed by atoms with Crippen LogP contribution >= 0.6 is 0 Å². The molecule has 0 saturated carbocycles. The number of likely N-dealkylation sites (N-methyl/N-ethyl adjacent to an activating group) is 1. The molecule has 0 rings (SSSR count). The summed E-state index contributed by atoms with van der Waals surface area (Å²) in [7, 11) is 0. The molecule has 0 atom stereocenters. The van der Waals surface area contributed by atoms with E-state index in [0.29, 0.717) is 0 Å².